The zero-order valence-corrected chi connectivity index (χ0v) is 17.9. The third kappa shape index (κ3) is 5.17. The van der Waals surface area contributed by atoms with Crippen LogP contribution in [0.4, 0.5) is 5.95 Å². The number of hydrogen-bond acceptors (Lipinski definition) is 6. The standard InChI is InChI=1S/C23H35N5O/c1-3-5-19(2)29-17-16-26-10-8-20-18-24-23(25-22(20)9-11-26)28-14-12-27(13-15-28)21-6-4-7-21/h3,5,18,21H,2,4,6-17H2,1H3/b5-3-. The van der Waals surface area contributed by atoms with Gasteiger partial charge in [-0.25, -0.2) is 9.97 Å². The second-order valence-electron chi connectivity index (χ2n) is 8.41. The SMILES string of the molecule is C=C(/C=C\C)OCCN1CCc2cnc(N3CCN(C4CCC4)CC3)nc2CC1. The van der Waals surface area contributed by atoms with Gasteiger partial charge in [-0.2, -0.15) is 0 Å². The van der Waals surface area contributed by atoms with Crippen molar-refractivity contribution < 1.29 is 4.74 Å². The average Bonchev–Trinajstić information content (AvgIpc) is 2.89. The smallest absolute Gasteiger partial charge is 0.225 e. The fraction of sp³-hybridized carbons (Fsp3) is 0.652. The lowest BCUT2D eigenvalue weighted by molar-refractivity contribution is 0.120. The summed E-state index contributed by atoms with van der Waals surface area (Å²) in [6.45, 7) is 13.9. The van der Waals surface area contributed by atoms with Gasteiger partial charge >= 0.3 is 0 Å². The normalized spacial score (nSPS) is 21.6. The maximum Gasteiger partial charge on any atom is 0.225 e. The van der Waals surface area contributed by atoms with E-state index in [1.807, 2.05) is 19.1 Å². The van der Waals surface area contributed by atoms with E-state index in [0.29, 0.717) is 6.61 Å². The van der Waals surface area contributed by atoms with Crippen LogP contribution >= 0.6 is 0 Å². The van der Waals surface area contributed by atoms with E-state index in [1.54, 1.807) is 0 Å². The molecule has 0 bridgehead atoms. The quantitative estimate of drug-likeness (QED) is 0.521. The first-order valence-corrected chi connectivity index (χ1v) is 11.2. The summed E-state index contributed by atoms with van der Waals surface area (Å²) < 4.78 is 5.68. The Morgan fingerprint density at radius 1 is 1.17 bits per heavy atom. The number of allylic oxidation sites excluding steroid dienone is 2. The molecule has 0 N–H and O–H groups in total. The Hall–Kier alpha value is -1.92. The van der Waals surface area contributed by atoms with Crippen LogP contribution in [0.25, 0.3) is 0 Å². The minimum Gasteiger partial charge on any atom is -0.493 e. The Labute approximate surface area is 175 Å². The number of fused-ring (bicyclic) bond motifs is 1. The Morgan fingerprint density at radius 2 is 1.97 bits per heavy atom. The van der Waals surface area contributed by atoms with Gasteiger partial charge in [-0.15, -0.1) is 0 Å². The van der Waals surface area contributed by atoms with E-state index in [1.165, 1.54) is 30.5 Å². The molecule has 0 atom stereocenters. The fourth-order valence-electron chi connectivity index (χ4n) is 4.47. The Kier molecular flexibility index (Phi) is 6.82. The van der Waals surface area contributed by atoms with Crippen LogP contribution in [-0.4, -0.2) is 78.2 Å². The molecule has 0 aromatic carbocycles. The summed E-state index contributed by atoms with van der Waals surface area (Å²) in [5.41, 5.74) is 2.54. The van der Waals surface area contributed by atoms with Crippen molar-refractivity contribution in [2.75, 3.05) is 57.3 Å². The number of rotatable bonds is 7. The van der Waals surface area contributed by atoms with Gasteiger partial charge in [-0.3, -0.25) is 9.80 Å². The second kappa shape index (κ2) is 9.72. The highest BCUT2D eigenvalue weighted by atomic mass is 16.5. The number of nitrogens with zero attached hydrogens (tertiary/aromatic N) is 5. The average molecular weight is 398 g/mol. The largest absolute Gasteiger partial charge is 0.493 e. The molecule has 3 aliphatic rings. The predicted octanol–water partition coefficient (Wildman–Crippen LogP) is 2.66. The van der Waals surface area contributed by atoms with Crippen LogP contribution in [-0.2, 0) is 17.6 Å². The van der Waals surface area contributed by atoms with Gasteiger partial charge in [-0.05, 0) is 37.8 Å². The van der Waals surface area contributed by atoms with E-state index in [9.17, 15) is 0 Å². The van der Waals surface area contributed by atoms with Crippen LogP contribution in [0.5, 0.6) is 0 Å². The maximum absolute atomic E-state index is 5.68. The molecule has 6 heteroatoms. The number of aromatic nitrogens is 2. The minimum absolute atomic E-state index is 0.682. The molecule has 4 rings (SSSR count). The minimum atomic E-state index is 0.682. The summed E-state index contributed by atoms with van der Waals surface area (Å²) in [5.74, 6) is 1.66. The summed E-state index contributed by atoms with van der Waals surface area (Å²) >= 11 is 0. The molecule has 2 fully saturated rings. The number of anilines is 1. The lowest BCUT2D eigenvalue weighted by Gasteiger charge is -2.43. The number of piperazine rings is 1. The molecule has 1 aromatic rings. The van der Waals surface area contributed by atoms with Crippen LogP contribution in [0.3, 0.4) is 0 Å². The predicted molar refractivity (Wildman–Crippen MR) is 117 cm³/mol. The van der Waals surface area contributed by atoms with E-state index in [2.05, 4.69) is 27.5 Å². The van der Waals surface area contributed by atoms with Gasteiger partial charge < -0.3 is 9.64 Å². The highest BCUT2D eigenvalue weighted by Gasteiger charge is 2.29. The molecule has 158 valence electrons. The van der Waals surface area contributed by atoms with Gasteiger partial charge in [0.2, 0.25) is 5.95 Å². The molecular weight excluding hydrogens is 362 g/mol. The van der Waals surface area contributed by atoms with Gasteiger partial charge in [0.15, 0.2) is 0 Å². The second-order valence-corrected chi connectivity index (χ2v) is 8.41. The van der Waals surface area contributed by atoms with Crippen molar-refractivity contribution in [1.82, 2.24) is 19.8 Å². The van der Waals surface area contributed by atoms with Crippen LogP contribution in [0.15, 0.2) is 30.7 Å². The first kappa shape index (κ1) is 20.4. The summed E-state index contributed by atoms with van der Waals surface area (Å²) in [7, 11) is 0. The Morgan fingerprint density at radius 3 is 2.69 bits per heavy atom. The molecule has 0 spiro atoms. The van der Waals surface area contributed by atoms with Crippen LogP contribution < -0.4 is 4.90 Å². The summed E-state index contributed by atoms with van der Waals surface area (Å²) in [4.78, 5) is 17.2. The highest BCUT2D eigenvalue weighted by molar-refractivity contribution is 5.35. The van der Waals surface area contributed by atoms with Gasteiger partial charge in [0.05, 0.1) is 5.69 Å². The van der Waals surface area contributed by atoms with Crippen molar-refractivity contribution in [3.05, 3.63) is 41.9 Å². The van der Waals surface area contributed by atoms with Crippen molar-refractivity contribution in [2.45, 2.75) is 45.1 Å². The molecule has 2 aliphatic heterocycles. The van der Waals surface area contributed by atoms with Gasteiger partial charge in [0.25, 0.3) is 0 Å². The fourth-order valence-corrected chi connectivity index (χ4v) is 4.47. The third-order valence-electron chi connectivity index (χ3n) is 6.54. The van der Waals surface area contributed by atoms with Crippen LogP contribution in [0.2, 0.25) is 0 Å². The molecule has 1 saturated heterocycles. The molecule has 1 aliphatic carbocycles. The lowest BCUT2D eigenvalue weighted by Crippen LogP contribution is -2.52. The van der Waals surface area contributed by atoms with E-state index in [4.69, 9.17) is 14.7 Å². The van der Waals surface area contributed by atoms with Gasteiger partial charge in [-0.1, -0.05) is 19.1 Å². The monoisotopic (exact) mass is 397 g/mol. The van der Waals surface area contributed by atoms with E-state index in [-0.39, 0.29) is 0 Å². The Bertz CT molecular complexity index is 722. The van der Waals surface area contributed by atoms with E-state index < -0.39 is 0 Å². The zero-order valence-electron chi connectivity index (χ0n) is 17.9. The van der Waals surface area contributed by atoms with Gasteiger partial charge in [0.1, 0.15) is 12.4 Å². The Balaban J connectivity index is 1.28. The third-order valence-corrected chi connectivity index (χ3v) is 6.54. The maximum atomic E-state index is 5.68. The summed E-state index contributed by atoms with van der Waals surface area (Å²) in [6, 6.07) is 0.843. The van der Waals surface area contributed by atoms with E-state index >= 15 is 0 Å². The van der Waals surface area contributed by atoms with Crippen molar-refractivity contribution in [2.24, 2.45) is 0 Å². The van der Waals surface area contributed by atoms with Crippen molar-refractivity contribution in [3.8, 4) is 0 Å². The molecule has 29 heavy (non-hydrogen) atoms. The van der Waals surface area contributed by atoms with Crippen LogP contribution in [0, 0.1) is 0 Å². The first-order chi connectivity index (χ1) is 14.2. The van der Waals surface area contributed by atoms with Gasteiger partial charge in [0, 0.05) is 64.5 Å². The molecule has 0 unspecified atom stereocenters. The van der Waals surface area contributed by atoms with Crippen molar-refractivity contribution in [1.29, 1.82) is 0 Å². The van der Waals surface area contributed by atoms with Crippen LogP contribution in [0.1, 0.15) is 37.4 Å². The molecule has 0 amide bonds. The molecule has 6 nitrogen and oxygen atoms in total. The molecule has 1 aromatic heterocycles. The van der Waals surface area contributed by atoms with Crippen molar-refractivity contribution >= 4 is 5.95 Å². The van der Waals surface area contributed by atoms with E-state index in [0.717, 1.165) is 76.4 Å². The highest BCUT2D eigenvalue weighted by Crippen LogP contribution is 2.26. The zero-order chi connectivity index (χ0) is 20.1. The number of ether oxygens (including phenoxy) is 1. The molecule has 3 heterocycles. The lowest BCUT2D eigenvalue weighted by atomic mass is 9.91. The molecule has 1 saturated carbocycles. The topological polar surface area (TPSA) is 44.7 Å². The summed E-state index contributed by atoms with van der Waals surface area (Å²) in [5, 5.41) is 0. The molecular formula is C23H35N5O. The molecule has 0 radical (unpaired) electrons. The van der Waals surface area contributed by atoms with Crippen molar-refractivity contribution in [3.63, 3.8) is 0 Å². The summed E-state index contributed by atoms with van der Waals surface area (Å²) in [6.07, 6.45) is 12.1. The number of hydrogen-bond donors (Lipinski definition) is 0. The first-order valence-electron chi connectivity index (χ1n) is 11.2.